The minimum atomic E-state index is 0.128. The second-order valence-corrected chi connectivity index (χ2v) is 9.22. The van der Waals surface area contributed by atoms with Crippen LogP contribution >= 0.6 is 0 Å². The van der Waals surface area contributed by atoms with Crippen molar-refractivity contribution in [1.82, 2.24) is 19.3 Å². The lowest BCUT2D eigenvalue weighted by molar-refractivity contribution is 0.0760. The third-order valence-corrected chi connectivity index (χ3v) is 6.86. The molecule has 1 aliphatic rings. The van der Waals surface area contributed by atoms with Crippen LogP contribution in [0.15, 0.2) is 73.4 Å². The number of nitrogens with zero attached hydrogens (tertiary/aromatic N) is 4. The fourth-order valence-corrected chi connectivity index (χ4v) is 4.88. The van der Waals surface area contributed by atoms with Crippen LogP contribution < -0.4 is 5.32 Å². The molecule has 6 nitrogen and oxygen atoms in total. The van der Waals surface area contributed by atoms with Crippen LogP contribution in [0.3, 0.4) is 0 Å². The van der Waals surface area contributed by atoms with Gasteiger partial charge in [-0.1, -0.05) is 12.1 Å². The Labute approximate surface area is 200 Å². The Morgan fingerprint density at radius 3 is 2.82 bits per heavy atom. The van der Waals surface area contributed by atoms with Crippen LogP contribution in [0.5, 0.6) is 0 Å². The standard InChI is InChI=1S/C28H31N5O/c1-21-6-7-25(19-26(21)31-20-23-8-11-29-12-9-23)28(34)33-15-2-4-22(10-16-33)18-24-5-3-14-32-17-13-30-27(24)32/h3,5-9,11-14,17,19,22,31H,2,4,10,15-16,18,20H2,1H3/t22-/m0/s1. The number of imidazole rings is 1. The van der Waals surface area contributed by atoms with E-state index in [1.807, 2.05) is 53.8 Å². The van der Waals surface area contributed by atoms with E-state index in [0.717, 1.165) is 66.8 Å². The molecule has 0 saturated carbocycles. The van der Waals surface area contributed by atoms with E-state index in [1.165, 1.54) is 5.56 Å². The van der Waals surface area contributed by atoms with Gasteiger partial charge in [0.2, 0.25) is 0 Å². The highest BCUT2D eigenvalue weighted by Gasteiger charge is 2.23. The fourth-order valence-electron chi connectivity index (χ4n) is 4.88. The van der Waals surface area contributed by atoms with Crippen molar-refractivity contribution in [1.29, 1.82) is 0 Å². The molecule has 34 heavy (non-hydrogen) atoms. The van der Waals surface area contributed by atoms with Crippen LogP contribution in [0.1, 0.15) is 46.3 Å². The summed E-state index contributed by atoms with van der Waals surface area (Å²) in [7, 11) is 0. The number of anilines is 1. The van der Waals surface area contributed by atoms with Gasteiger partial charge in [-0.3, -0.25) is 9.78 Å². The van der Waals surface area contributed by atoms with E-state index in [4.69, 9.17) is 0 Å². The van der Waals surface area contributed by atoms with Gasteiger partial charge in [-0.15, -0.1) is 0 Å². The van der Waals surface area contributed by atoms with Gasteiger partial charge in [0.05, 0.1) is 0 Å². The summed E-state index contributed by atoms with van der Waals surface area (Å²) in [6, 6.07) is 14.3. The highest BCUT2D eigenvalue weighted by Crippen LogP contribution is 2.25. The zero-order chi connectivity index (χ0) is 23.3. The molecule has 0 unspecified atom stereocenters. The van der Waals surface area contributed by atoms with Crippen LogP contribution in [0.2, 0.25) is 0 Å². The SMILES string of the molecule is Cc1ccc(C(=O)N2CCC[C@H](Cc3cccn4ccnc34)CC2)cc1NCc1ccncc1. The van der Waals surface area contributed by atoms with Gasteiger partial charge in [0, 0.05) is 61.9 Å². The number of hydrogen-bond donors (Lipinski definition) is 1. The van der Waals surface area contributed by atoms with E-state index in [1.54, 1.807) is 12.4 Å². The van der Waals surface area contributed by atoms with Crippen molar-refractivity contribution >= 4 is 17.2 Å². The third-order valence-electron chi connectivity index (χ3n) is 6.86. The van der Waals surface area contributed by atoms with Gasteiger partial charge in [0.15, 0.2) is 0 Å². The summed E-state index contributed by atoms with van der Waals surface area (Å²) >= 11 is 0. The summed E-state index contributed by atoms with van der Waals surface area (Å²) in [6.45, 7) is 4.39. The molecule has 6 heteroatoms. The Bertz CT molecular complexity index is 1270. The van der Waals surface area contributed by atoms with E-state index in [9.17, 15) is 4.79 Å². The first-order valence-electron chi connectivity index (χ1n) is 12.1. The number of carbonyl (C=O) groups excluding carboxylic acids is 1. The number of rotatable bonds is 6. The van der Waals surface area contributed by atoms with E-state index in [2.05, 4.69) is 38.7 Å². The van der Waals surface area contributed by atoms with Crippen molar-refractivity contribution in [3.8, 4) is 0 Å². The Balaban J connectivity index is 1.23. The first-order chi connectivity index (χ1) is 16.7. The molecule has 1 N–H and O–H groups in total. The second kappa shape index (κ2) is 10.1. The molecule has 0 aliphatic carbocycles. The summed E-state index contributed by atoms with van der Waals surface area (Å²) in [5.41, 5.74) is 6.39. The summed E-state index contributed by atoms with van der Waals surface area (Å²) in [4.78, 5) is 24.0. The maximum Gasteiger partial charge on any atom is 0.253 e. The molecule has 1 aliphatic heterocycles. The van der Waals surface area contributed by atoms with Gasteiger partial charge < -0.3 is 14.6 Å². The largest absolute Gasteiger partial charge is 0.381 e. The molecule has 0 spiro atoms. The predicted octanol–water partition coefficient (Wildman–Crippen LogP) is 5.13. The van der Waals surface area contributed by atoms with Crippen molar-refractivity contribution in [2.75, 3.05) is 18.4 Å². The van der Waals surface area contributed by atoms with Gasteiger partial charge in [-0.25, -0.2) is 4.98 Å². The topological polar surface area (TPSA) is 62.5 Å². The lowest BCUT2D eigenvalue weighted by Gasteiger charge is -2.22. The van der Waals surface area contributed by atoms with Gasteiger partial charge in [0.1, 0.15) is 5.65 Å². The Morgan fingerprint density at radius 1 is 1.06 bits per heavy atom. The normalized spacial score (nSPS) is 16.4. The van der Waals surface area contributed by atoms with E-state index in [-0.39, 0.29) is 5.91 Å². The number of likely N-dealkylation sites (tertiary alicyclic amines) is 1. The van der Waals surface area contributed by atoms with Crippen LogP contribution in [0, 0.1) is 12.8 Å². The molecule has 1 atom stereocenters. The Kier molecular flexibility index (Phi) is 6.56. The number of fused-ring (bicyclic) bond motifs is 1. The predicted molar refractivity (Wildman–Crippen MR) is 135 cm³/mol. The number of pyridine rings is 2. The average molecular weight is 454 g/mol. The molecule has 1 aromatic carbocycles. The van der Waals surface area contributed by atoms with Crippen LogP contribution in [0.25, 0.3) is 5.65 Å². The molecule has 1 amide bonds. The maximum atomic E-state index is 13.4. The summed E-state index contributed by atoms with van der Waals surface area (Å²) in [5, 5.41) is 3.48. The van der Waals surface area contributed by atoms with Crippen molar-refractivity contribution in [2.24, 2.45) is 5.92 Å². The molecule has 0 bridgehead atoms. The summed E-state index contributed by atoms with van der Waals surface area (Å²) in [6.07, 6.45) is 13.7. The Hall–Kier alpha value is -3.67. The lowest BCUT2D eigenvalue weighted by Crippen LogP contribution is -2.32. The lowest BCUT2D eigenvalue weighted by atomic mass is 9.93. The first-order valence-corrected chi connectivity index (χ1v) is 12.1. The van der Waals surface area contributed by atoms with Crippen LogP contribution in [-0.4, -0.2) is 38.3 Å². The zero-order valence-electron chi connectivity index (χ0n) is 19.7. The van der Waals surface area contributed by atoms with Crippen LogP contribution in [-0.2, 0) is 13.0 Å². The smallest absolute Gasteiger partial charge is 0.253 e. The second-order valence-electron chi connectivity index (χ2n) is 9.22. The molecule has 3 aromatic heterocycles. The maximum absolute atomic E-state index is 13.4. The molecular weight excluding hydrogens is 422 g/mol. The molecule has 174 valence electrons. The van der Waals surface area contributed by atoms with Crippen molar-refractivity contribution in [2.45, 2.75) is 39.2 Å². The number of hydrogen-bond acceptors (Lipinski definition) is 4. The Morgan fingerprint density at radius 2 is 1.94 bits per heavy atom. The van der Waals surface area contributed by atoms with E-state index in [0.29, 0.717) is 12.5 Å². The molecule has 4 heterocycles. The molecule has 0 radical (unpaired) electrons. The van der Waals surface area contributed by atoms with Crippen molar-refractivity contribution in [3.05, 3.63) is 95.7 Å². The minimum absolute atomic E-state index is 0.128. The minimum Gasteiger partial charge on any atom is -0.381 e. The quantitative estimate of drug-likeness (QED) is 0.439. The molecular formula is C28H31N5O. The number of nitrogens with one attached hydrogen (secondary N) is 1. The molecule has 5 rings (SSSR count). The molecule has 1 saturated heterocycles. The number of aromatic nitrogens is 3. The highest BCUT2D eigenvalue weighted by molar-refractivity contribution is 5.95. The van der Waals surface area contributed by atoms with E-state index >= 15 is 0 Å². The zero-order valence-corrected chi connectivity index (χ0v) is 19.7. The average Bonchev–Trinajstić information content (AvgIpc) is 3.24. The van der Waals surface area contributed by atoms with E-state index < -0.39 is 0 Å². The number of benzene rings is 1. The van der Waals surface area contributed by atoms with Crippen LogP contribution in [0.4, 0.5) is 5.69 Å². The molecule has 4 aromatic rings. The summed E-state index contributed by atoms with van der Waals surface area (Å²) in [5.74, 6) is 0.694. The summed E-state index contributed by atoms with van der Waals surface area (Å²) < 4.78 is 2.08. The van der Waals surface area contributed by atoms with Crippen molar-refractivity contribution in [3.63, 3.8) is 0 Å². The number of aryl methyl sites for hydroxylation is 1. The van der Waals surface area contributed by atoms with Gasteiger partial charge >= 0.3 is 0 Å². The van der Waals surface area contributed by atoms with Gasteiger partial charge in [-0.2, -0.15) is 0 Å². The highest BCUT2D eigenvalue weighted by atomic mass is 16.2. The fraction of sp³-hybridized carbons (Fsp3) is 0.321. The number of carbonyl (C=O) groups is 1. The van der Waals surface area contributed by atoms with Gasteiger partial charge in [0.25, 0.3) is 5.91 Å². The van der Waals surface area contributed by atoms with Crippen molar-refractivity contribution < 1.29 is 4.79 Å². The van der Waals surface area contributed by atoms with Gasteiger partial charge in [-0.05, 0) is 85.5 Å². The first kappa shape index (κ1) is 22.1. The third kappa shape index (κ3) is 4.96. The number of amides is 1. The monoisotopic (exact) mass is 453 g/mol. The molecule has 1 fully saturated rings.